The second-order valence-corrected chi connectivity index (χ2v) is 6.08. The van der Waals surface area contributed by atoms with Gasteiger partial charge in [0.1, 0.15) is 5.01 Å². The van der Waals surface area contributed by atoms with Gasteiger partial charge >= 0.3 is 5.97 Å². The molecule has 3 rings (SSSR count). The summed E-state index contributed by atoms with van der Waals surface area (Å²) in [6, 6.07) is 7.53. The number of carboxylic acid groups (broad SMARTS) is 1. The molecule has 3 nitrogen and oxygen atoms in total. The van der Waals surface area contributed by atoms with Gasteiger partial charge in [-0.3, -0.25) is 4.79 Å². The molecule has 0 radical (unpaired) electrons. The molecule has 2 aromatic rings. The van der Waals surface area contributed by atoms with E-state index in [4.69, 9.17) is 11.6 Å². The molecule has 1 unspecified atom stereocenters. The van der Waals surface area contributed by atoms with Crippen molar-refractivity contribution in [3.63, 3.8) is 0 Å². The molecule has 0 aliphatic heterocycles. The van der Waals surface area contributed by atoms with E-state index < -0.39 is 11.9 Å². The Balaban J connectivity index is 2.07. The average Bonchev–Trinajstić information content (AvgIpc) is 2.82. The van der Waals surface area contributed by atoms with Gasteiger partial charge in [0, 0.05) is 10.4 Å². The number of hydrogen-bond acceptors (Lipinski definition) is 3. The molecule has 5 heteroatoms. The van der Waals surface area contributed by atoms with Gasteiger partial charge in [0.05, 0.1) is 16.6 Å². The predicted octanol–water partition coefficient (Wildman–Crippen LogP) is 3.97. The van der Waals surface area contributed by atoms with Gasteiger partial charge in [-0.25, -0.2) is 4.98 Å². The highest BCUT2D eigenvalue weighted by Crippen LogP contribution is 2.39. The molecule has 0 bridgehead atoms. The standard InChI is InChI=1S/C14H12ClNO2S/c15-10-6-2-1-4-8(10)13-16-12-9(14(17)18)5-3-7-11(12)19-13/h1-2,4,6,9H,3,5,7H2,(H,17,18). The van der Waals surface area contributed by atoms with Gasteiger partial charge in [-0.1, -0.05) is 29.8 Å². The Bertz CT molecular complexity index is 638. The number of thiazole rings is 1. The molecule has 1 atom stereocenters. The highest BCUT2D eigenvalue weighted by Gasteiger charge is 2.30. The van der Waals surface area contributed by atoms with Gasteiger partial charge in [-0.05, 0) is 25.3 Å². The van der Waals surface area contributed by atoms with E-state index in [1.807, 2.05) is 24.3 Å². The molecule has 0 saturated heterocycles. The Morgan fingerprint density at radius 2 is 2.21 bits per heavy atom. The maximum absolute atomic E-state index is 11.3. The maximum atomic E-state index is 11.3. The van der Waals surface area contributed by atoms with E-state index in [0.717, 1.165) is 34.0 Å². The van der Waals surface area contributed by atoms with Gasteiger partial charge in [0.15, 0.2) is 0 Å². The molecule has 1 aliphatic carbocycles. The van der Waals surface area contributed by atoms with E-state index >= 15 is 0 Å². The van der Waals surface area contributed by atoms with Crippen LogP contribution >= 0.6 is 22.9 Å². The van der Waals surface area contributed by atoms with Gasteiger partial charge in [-0.15, -0.1) is 11.3 Å². The van der Waals surface area contributed by atoms with Crippen LogP contribution in [0, 0.1) is 0 Å². The molecule has 0 amide bonds. The zero-order chi connectivity index (χ0) is 13.4. The molecule has 0 spiro atoms. The van der Waals surface area contributed by atoms with Crippen LogP contribution in [0.4, 0.5) is 0 Å². The SMILES string of the molecule is O=C(O)C1CCCc2sc(-c3ccccc3Cl)nc21. The minimum absolute atomic E-state index is 0.462. The number of rotatable bonds is 2. The largest absolute Gasteiger partial charge is 0.481 e. The summed E-state index contributed by atoms with van der Waals surface area (Å²) in [7, 11) is 0. The van der Waals surface area contributed by atoms with Crippen molar-refractivity contribution >= 4 is 28.9 Å². The first-order chi connectivity index (χ1) is 9.16. The van der Waals surface area contributed by atoms with E-state index in [9.17, 15) is 9.90 Å². The van der Waals surface area contributed by atoms with E-state index in [-0.39, 0.29) is 0 Å². The Hall–Kier alpha value is -1.39. The highest BCUT2D eigenvalue weighted by molar-refractivity contribution is 7.15. The van der Waals surface area contributed by atoms with Crippen LogP contribution in [-0.4, -0.2) is 16.1 Å². The molecule has 0 fully saturated rings. The van der Waals surface area contributed by atoms with Crippen molar-refractivity contribution in [3.05, 3.63) is 39.9 Å². The summed E-state index contributed by atoms with van der Waals surface area (Å²) in [5.74, 6) is -1.24. The smallest absolute Gasteiger partial charge is 0.312 e. The van der Waals surface area contributed by atoms with Gasteiger partial charge < -0.3 is 5.11 Å². The Kier molecular flexibility index (Phi) is 3.29. The first kappa shape index (κ1) is 12.6. The Morgan fingerprint density at radius 3 is 2.95 bits per heavy atom. The number of carbonyl (C=O) groups is 1. The fourth-order valence-corrected chi connectivity index (χ4v) is 3.89. The lowest BCUT2D eigenvalue weighted by Gasteiger charge is -2.16. The quantitative estimate of drug-likeness (QED) is 0.911. The number of halogens is 1. The van der Waals surface area contributed by atoms with Crippen molar-refractivity contribution in [1.29, 1.82) is 0 Å². The fourth-order valence-electron chi connectivity index (χ4n) is 2.41. The molecule has 19 heavy (non-hydrogen) atoms. The van der Waals surface area contributed by atoms with Crippen LogP contribution in [0.5, 0.6) is 0 Å². The molecule has 1 aromatic heterocycles. The summed E-state index contributed by atoms with van der Waals surface area (Å²) in [5.41, 5.74) is 1.62. The number of aryl methyl sites for hydroxylation is 1. The normalized spacial score (nSPS) is 18.1. The van der Waals surface area contributed by atoms with Crippen molar-refractivity contribution in [1.82, 2.24) is 4.98 Å². The first-order valence-electron chi connectivity index (χ1n) is 6.14. The van der Waals surface area contributed by atoms with Crippen molar-refractivity contribution in [3.8, 4) is 10.6 Å². The highest BCUT2D eigenvalue weighted by atomic mass is 35.5. The van der Waals surface area contributed by atoms with Gasteiger partial charge in [0.2, 0.25) is 0 Å². The van der Waals surface area contributed by atoms with Crippen molar-refractivity contribution < 1.29 is 9.90 Å². The third-order valence-corrected chi connectivity index (χ3v) is 4.85. The second-order valence-electron chi connectivity index (χ2n) is 4.59. The molecular formula is C14H12ClNO2S. The van der Waals surface area contributed by atoms with Crippen LogP contribution in [0.2, 0.25) is 5.02 Å². The van der Waals surface area contributed by atoms with Crippen LogP contribution in [0.25, 0.3) is 10.6 Å². The number of hydrogen-bond donors (Lipinski definition) is 1. The molecular weight excluding hydrogens is 282 g/mol. The van der Waals surface area contributed by atoms with Crippen LogP contribution in [0.1, 0.15) is 29.3 Å². The van der Waals surface area contributed by atoms with Crippen LogP contribution in [0.15, 0.2) is 24.3 Å². The van der Waals surface area contributed by atoms with Crippen molar-refractivity contribution in [2.45, 2.75) is 25.2 Å². The fraction of sp³-hybridized carbons (Fsp3) is 0.286. The summed E-state index contributed by atoms with van der Waals surface area (Å²) < 4.78 is 0. The lowest BCUT2D eigenvalue weighted by Crippen LogP contribution is -2.17. The topological polar surface area (TPSA) is 50.2 Å². The Labute approximate surface area is 119 Å². The molecule has 0 saturated carbocycles. The molecule has 1 aliphatic rings. The Morgan fingerprint density at radius 1 is 1.42 bits per heavy atom. The zero-order valence-corrected chi connectivity index (χ0v) is 11.7. The van der Waals surface area contributed by atoms with Crippen LogP contribution < -0.4 is 0 Å². The van der Waals surface area contributed by atoms with E-state index in [1.165, 1.54) is 0 Å². The average molecular weight is 294 g/mol. The molecule has 98 valence electrons. The van der Waals surface area contributed by atoms with Gasteiger partial charge in [-0.2, -0.15) is 0 Å². The number of aliphatic carboxylic acids is 1. The zero-order valence-electron chi connectivity index (χ0n) is 10.1. The van der Waals surface area contributed by atoms with E-state index in [0.29, 0.717) is 11.4 Å². The van der Waals surface area contributed by atoms with Crippen molar-refractivity contribution in [2.75, 3.05) is 0 Å². The summed E-state index contributed by atoms with van der Waals surface area (Å²) in [4.78, 5) is 16.9. The summed E-state index contributed by atoms with van der Waals surface area (Å²) in [6.07, 6.45) is 2.50. The number of nitrogens with zero attached hydrogens (tertiary/aromatic N) is 1. The second kappa shape index (κ2) is 4.94. The van der Waals surface area contributed by atoms with Crippen molar-refractivity contribution in [2.24, 2.45) is 0 Å². The number of carboxylic acids is 1. The minimum atomic E-state index is -0.781. The predicted molar refractivity (Wildman–Crippen MR) is 75.9 cm³/mol. The van der Waals surface area contributed by atoms with E-state index in [1.54, 1.807) is 11.3 Å². The first-order valence-corrected chi connectivity index (χ1v) is 7.33. The minimum Gasteiger partial charge on any atom is -0.481 e. The molecule has 1 N–H and O–H groups in total. The van der Waals surface area contributed by atoms with Gasteiger partial charge in [0.25, 0.3) is 0 Å². The monoisotopic (exact) mass is 293 g/mol. The summed E-state index contributed by atoms with van der Waals surface area (Å²) >= 11 is 7.74. The maximum Gasteiger partial charge on any atom is 0.312 e. The number of benzene rings is 1. The van der Waals surface area contributed by atoms with Crippen LogP contribution in [-0.2, 0) is 11.2 Å². The molecule has 1 heterocycles. The third-order valence-electron chi connectivity index (χ3n) is 3.36. The summed E-state index contributed by atoms with van der Waals surface area (Å²) in [6.45, 7) is 0. The number of aromatic nitrogens is 1. The van der Waals surface area contributed by atoms with E-state index in [2.05, 4.69) is 4.98 Å². The lowest BCUT2D eigenvalue weighted by atomic mass is 9.91. The molecule has 1 aromatic carbocycles. The third kappa shape index (κ3) is 2.26. The number of fused-ring (bicyclic) bond motifs is 1. The lowest BCUT2D eigenvalue weighted by molar-refractivity contribution is -0.139. The van der Waals surface area contributed by atoms with Crippen LogP contribution in [0.3, 0.4) is 0 Å². The summed E-state index contributed by atoms with van der Waals surface area (Å²) in [5, 5.41) is 10.7.